The van der Waals surface area contributed by atoms with Crippen molar-refractivity contribution in [3.05, 3.63) is 123 Å². The molecule has 208 valence electrons. The molecule has 5 rings (SSSR count). The van der Waals surface area contributed by atoms with Crippen molar-refractivity contribution in [3.8, 4) is 22.6 Å². The fraction of sp³-hybridized carbons (Fsp3) is 0.243. The quantitative estimate of drug-likeness (QED) is 0.129. The Balaban J connectivity index is 0.000000384. The van der Waals surface area contributed by atoms with E-state index >= 15 is 0 Å². The van der Waals surface area contributed by atoms with Gasteiger partial charge in [-0.3, -0.25) is 0 Å². The summed E-state index contributed by atoms with van der Waals surface area (Å²) in [5.74, 6) is 2.16. The van der Waals surface area contributed by atoms with E-state index in [1.165, 1.54) is 22.1 Å². The second kappa shape index (κ2) is 15.1. The normalized spacial score (nSPS) is 10.5. The van der Waals surface area contributed by atoms with E-state index in [2.05, 4.69) is 84.0 Å². The number of benzene rings is 5. The van der Waals surface area contributed by atoms with Gasteiger partial charge in [0.25, 0.3) is 0 Å². The van der Waals surface area contributed by atoms with Crippen LogP contribution in [-0.2, 0) is 21.7 Å². The summed E-state index contributed by atoms with van der Waals surface area (Å²) >= 11 is 0. The molecule has 0 atom stereocenters. The van der Waals surface area contributed by atoms with Crippen LogP contribution in [0.5, 0.6) is 11.5 Å². The topological polar surface area (TPSA) is 40.5 Å². The van der Waals surface area contributed by atoms with Gasteiger partial charge in [-0.2, -0.15) is 0 Å². The van der Waals surface area contributed by atoms with Crippen molar-refractivity contribution in [2.75, 3.05) is 0 Å². The largest absolute Gasteiger partial charge is 2.00 e. The Morgan fingerprint density at radius 3 is 1.55 bits per heavy atom. The van der Waals surface area contributed by atoms with Crippen molar-refractivity contribution in [3.63, 3.8) is 0 Å². The molecule has 0 aliphatic rings. The standard InChI is InChI=1S/C20H22O.C15H16O.2CH3.Ti/c1-12(2)14-5-7-17-16(9-14)11-20(21)19-10-15(13(3)4)6-8-18(17)19;1-11(2)13-8-9-15(16)14(10-13)12-6-4-3-5-7-12;;;/h5-13,21H,1-4H3;3-11,16H,1-2H3;2*1H3;/q;;2*-1;+2. The second-order valence-corrected chi connectivity index (χ2v) is 10.8. The molecule has 5 aromatic rings. The van der Waals surface area contributed by atoms with E-state index in [1.807, 2.05) is 42.5 Å². The van der Waals surface area contributed by atoms with Crippen LogP contribution in [0.4, 0.5) is 0 Å². The molecule has 0 bridgehead atoms. The number of hydrogen-bond donors (Lipinski definition) is 2. The third-order valence-electron chi connectivity index (χ3n) is 7.08. The minimum Gasteiger partial charge on any atom is -0.507 e. The van der Waals surface area contributed by atoms with Crippen molar-refractivity contribution in [1.29, 1.82) is 0 Å². The summed E-state index contributed by atoms with van der Waals surface area (Å²) in [5.41, 5.74) is 5.78. The maximum Gasteiger partial charge on any atom is 2.00 e. The fourth-order valence-electron chi connectivity index (χ4n) is 4.66. The number of hydrogen-bond acceptors (Lipinski definition) is 2. The van der Waals surface area contributed by atoms with Gasteiger partial charge in [-0.1, -0.05) is 108 Å². The van der Waals surface area contributed by atoms with E-state index in [1.54, 1.807) is 6.07 Å². The van der Waals surface area contributed by atoms with Gasteiger partial charge in [-0.25, -0.2) is 0 Å². The Morgan fingerprint density at radius 1 is 0.475 bits per heavy atom. The summed E-state index contributed by atoms with van der Waals surface area (Å²) in [6, 6.07) is 30.7. The zero-order valence-electron chi connectivity index (χ0n) is 25.3. The molecule has 0 aromatic heterocycles. The van der Waals surface area contributed by atoms with Crippen LogP contribution in [-0.4, -0.2) is 10.2 Å². The molecule has 3 heteroatoms. The van der Waals surface area contributed by atoms with Crippen molar-refractivity contribution < 1.29 is 31.9 Å². The number of aromatic hydroxyl groups is 2. The Kier molecular flexibility index (Phi) is 13.2. The summed E-state index contributed by atoms with van der Waals surface area (Å²) in [4.78, 5) is 0. The van der Waals surface area contributed by atoms with Crippen molar-refractivity contribution in [1.82, 2.24) is 0 Å². The molecule has 2 N–H and O–H groups in total. The average Bonchev–Trinajstić information content (AvgIpc) is 2.89. The van der Waals surface area contributed by atoms with Crippen molar-refractivity contribution in [2.24, 2.45) is 0 Å². The van der Waals surface area contributed by atoms with Crippen LogP contribution >= 0.6 is 0 Å². The minimum atomic E-state index is 0. The SMILES string of the molecule is CC(C)c1ccc(O)c(-c2ccccc2)c1.CC(C)c1ccc2c(c1)cc(O)c1cc(C(C)C)ccc12.[CH3-].[CH3-].[Ti+2]. The van der Waals surface area contributed by atoms with E-state index in [0.717, 1.165) is 27.3 Å². The van der Waals surface area contributed by atoms with E-state index in [0.29, 0.717) is 29.3 Å². The van der Waals surface area contributed by atoms with Crippen molar-refractivity contribution >= 4 is 21.5 Å². The third-order valence-corrected chi connectivity index (χ3v) is 7.08. The van der Waals surface area contributed by atoms with Crippen LogP contribution in [0.25, 0.3) is 32.7 Å². The summed E-state index contributed by atoms with van der Waals surface area (Å²) in [6.07, 6.45) is 0. The predicted molar refractivity (Wildman–Crippen MR) is 172 cm³/mol. The van der Waals surface area contributed by atoms with Gasteiger partial charge >= 0.3 is 21.7 Å². The molecule has 0 unspecified atom stereocenters. The second-order valence-electron chi connectivity index (χ2n) is 10.8. The number of phenols is 2. The molecule has 0 radical (unpaired) electrons. The average molecular weight is 569 g/mol. The molecule has 0 aliphatic carbocycles. The molecule has 0 spiro atoms. The zero-order valence-corrected chi connectivity index (χ0v) is 26.8. The van der Waals surface area contributed by atoms with Crippen LogP contribution in [0.1, 0.15) is 76.0 Å². The minimum absolute atomic E-state index is 0. The van der Waals surface area contributed by atoms with E-state index in [4.69, 9.17) is 0 Å². The van der Waals surface area contributed by atoms with Crippen LogP contribution in [0.2, 0.25) is 0 Å². The number of phenolic OH excluding ortho intramolecular Hbond substituents is 2. The van der Waals surface area contributed by atoms with Gasteiger partial charge in [0.1, 0.15) is 11.5 Å². The van der Waals surface area contributed by atoms with Gasteiger partial charge in [0.2, 0.25) is 0 Å². The van der Waals surface area contributed by atoms with Gasteiger partial charge in [-0.05, 0) is 80.4 Å². The molecule has 0 saturated carbocycles. The van der Waals surface area contributed by atoms with Gasteiger partial charge in [0, 0.05) is 10.9 Å². The summed E-state index contributed by atoms with van der Waals surface area (Å²) in [5, 5.41) is 24.7. The molecule has 0 amide bonds. The smallest absolute Gasteiger partial charge is 0.507 e. The molecule has 5 aromatic carbocycles. The molecule has 0 saturated heterocycles. The van der Waals surface area contributed by atoms with Gasteiger partial charge in [-0.15, -0.1) is 0 Å². The monoisotopic (exact) mass is 568 g/mol. The van der Waals surface area contributed by atoms with Crippen LogP contribution < -0.4 is 0 Å². The maximum atomic E-state index is 10.4. The zero-order chi connectivity index (χ0) is 26.7. The Hall–Kier alpha value is -3.07. The molecule has 0 fully saturated rings. The fourth-order valence-corrected chi connectivity index (χ4v) is 4.66. The van der Waals surface area contributed by atoms with Gasteiger partial charge in [0.05, 0.1) is 0 Å². The van der Waals surface area contributed by atoms with Crippen molar-refractivity contribution in [2.45, 2.75) is 59.3 Å². The molecule has 40 heavy (non-hydrogen) atoms. The van der Waals surface area contributed by atoms with Crippen LogP contribution in [0.15, 0.2) is 91.0 Å². The first-order valence-corrected chi connectivity index (χ1v) is 13.2. The third kappa shape index (κ3) is 7.77. The summed E-state index contributed by atoms with van der Waals surface area (Å²) < 4.78 is 0. The summed E-state index contributed by atoms with van der Waals surface area (Å²) in [6.45, 7) is 13.0. The maximum absolute atomic E-state index is 10.4. The predicted octanol–water partition coefficient (Wildman–Crippen LogP) is 11.0. The van der Waals surface area contributed by atoms with E-state index < -0.39 is 0 Å². The first-order chi connectivity index (χ1) is 17.7. The first-order valence-electron chi connectivity index (χ1n) is 13.2. The van der Waals surface area contributed by atoms with Gasteiger partial charge < -0.3 is 25.1 Å². The van der Waals surface area contributed by atoms with Gasteiger partial charge in [0.15, 0.2) is 0 Å². The Morgan fingerprint density at radius 2 is 0.975 bits per heavy atom. The van der Waals surface area contributed by atoms with Crippen LogP contribution in [0.3, 0.4) is 0 Å². The van der Waals surface area contributed by atoms with E-state index in [9.17, 15) is 10.2 Å². The Bertz CT molecular complexity index is 1520. The number of fused-ring (bicyclic) bond motifs is 3. The molecular weight excluding hydrogens is 524 g/mol. The molecular formula is C37H44O2Ti. The van der Waals surface area contributed by atoms with Crippen LogP contribution in [0, 0.1) is 14.9 Å². The summed E-state index contributed by atoms with van der Waals surface area (Å²) in [7, 11) is 0. The molecule has 0 heterocycles. The number of rotatable bonds is 4. The van der Waals surface area contributed by atoms with E-state index in [-0.39, 0.29) is 36.6 Å². The molecule has 0 aliphatic heterocycles. The first kappa shape index (κ1) is 35.0. The Labute approximate surface area is 257 Å². The molecule has 2 nitrogen and oxygen atoms in total.